The van der Waals surface area contributed by atoms with Crippen molar-refractivity contribution in [1.82, 2.24) is 4.90 Å². The van der Waals surface area contributed by atoms with Crippen LogP contribution in [0.4, 0.5) is 0 Å². The maximum absolute atomic E-state index is 11.2. The summed E-state index contributed by atoms with van der Waals surface area (Å²) in [5, 5.41) is 17.4. The van der Waals surface area contributed by atoms with Crippen molar-refractivity contribution in [1.29, 1.82) is 0 Å². The van der Waals surface area contributed by atoms with E-state index in [9.17, 15) is 4.79 Å². The van der Waals surface area contributed by atoms with Crippen molar-refractivity contribution < 1.29 is 15.0 Å². The summed E-state index contributed by atoms with van der Waals surface area (Å²) in [6, 6.07) is -0.485. The second-order valence-electron chi connectivity index (χ2n) is 2.87. The van der Waals surface area contributed by atoms with Crippen LogP contribution < -0.4 is 0 Å². The van der Waals surface area contributed by atoms with Crippen LogP contribution in [0.15, 0.2) is 0 Å². The number of hydrogen-bond donors (Lipinski definition) is 2. The van der Waals surface area contributed by atoms with Crippen molar-refractivity contribution in [2.75, 3.05) is 19.8 Å². The molecule has 0 aliphatic carbocycles. The van der Waals surface area contributed by atoms with Crippen LogP contribution in [-0.2, 0) is 4.79 Å². The Morgan fingerprint density at radius 3 is 2.50 bits per heavy atom. The Labute approximate surface area is 75.7 Å². The molecule has 12 heavy (non-hydrogen) atoms. The first-order valence-corrected chi connectivity index (χ1v) is 4.28. The summed E-state index contributed by atoms with van der Waals surface area (Å²) in [4.78, 5) is 12.6. The molecule has 1 atom stereocenters. The average molecular weight is 194 g/mol. The molecule has 1 unspecified atom stereocenters. The Morgan fingerprint density at radius 2 is 2.17 bits per heavy atom. The first-order chi connectivity index (χ1) is 5.69. The quantitative estimate of drug-likeness (QED) is 0.576. The summed E-state index contributed by atoms with van der Waals surface area (Å²) >= 11 is 5.73. The molecule has 1 fully saturated rings. The minimum absolute atomic E-state index is 0.0944. The summed E-state index contributed by atoms with van der Waals surface area (Å²) in [6.07, 6.45) is 0.304. The number of carbonyl (C=O) groups is 1. The molecular weight excluding hydrogens is 182 g/mol. The summed E-state index contributed by atoms with van der Waals surface area (Å²) in [7, 11) is 0. The Morgan fingerprint density at radius 1 is 1.58 bits per heavy atom. The average Bonchev–Trinajstić information content (AvgIpc) is 2.34. The van der Waals surface area contributed by atoms with Crippen molar-refractivity contribution in [2.24, 2.45) is 0 Å². The van der Waals surface area contributed by atoms with E-state index in [1.807, 2.05) is 0 Å². The van der Waals surface area contributed by atoms with Crippen molar-refractivity contribution in [3.05, 3.63) is 0 Å². The van der Waals surface area contributed by atoms with Gasteiger partial charge in [-0.1, -0.05) is 0 Å². The maximum Gasteiger partial charge on any atom is 0.224 e. The molecule has 2 N–H and O–H groups in total. The highest BCUT2D eigenvalue weighted by atomic mass is 35.5. The summed E-state index contributed by atoms with van der Waals surface area (Å²) in [6.45, 7) is -0.0100. The normalized spacial score (nSPS) is 24.2. The smallest absolute Gasteiger partial charge is 0.224 e. The third-order valence-corrected chi connectivity index (χ3v) is 2.27. The predicted molar refractivity (Wildman–Crippen MR) is 43.9 cm³/mol. The molecular formula is C7H12ClNO3. The molecule has 5 heteroatoms. The van der Waals surface area contributed by atoms with E-state index in [-0.39, 0.29) is 24.5 Å². The second kappa shape index (κ2) is 4.07. The lowest BCUT2D eigenvalue weighted by molar-refractivity contribution is -0.131. The molecule has 0 saturated carbocycles. The lowest BCUT2D eigenvalue weighted by Gasteiger charge is -2.23. The van der Waals surface area contributed by atoms with E-state index in [4.69, 9.17) is 21.8 Å². The van der Waals surface area contributed by atoms with Gasteiger partial charge in [-0.05, 0) is 0 Å². The fourth-order valence-electron chi connectivity index (χ4n) is 1.29. The van der Waals surface area contributed by atoms with Crippen molar-refractivity contribution in [3.8, 4) is 0 Å². The minimum atomic E-state index is -0.485. The Balaban J connectivity index is 2.56. The molecule has 0 aromatic rings. The van der Waals surface area contributed by atoms with Gasteiger partial charge in [0, 0.05) is 13.0 Å². The molecule has 1 aliphatic heterocycles. The lowest BCUT2D eigenvalue weighted by Crippen LogP contribution is -2.41. The van der Waals surface area contributed by atoms with Crippen LogP contribution in [0.2, 0.25) is 0 Å². The van der Waals surface area contributed by atoms with Gasteiger partial charge in [-0.15, -0.1) is 11.6 Å². The molecule has 0 aromatic heterocycles. The fraction of sp³-hybridized carbons (Fsp3) is 0.857. The Bertz CT molecular complexity index is 172. The van der Waals surface area contributed by atoms with E-state index in [1.54, 1.807) is 0 Å². The predicted octanol–water partition coefficient (Wildman–Crippen LogP) is -0.821. The highest BCUT2D eigenvalue weighted by Crippen LogP contribution is 2.18. The van der Waals surface area contributed by atoms with Gasteiger partial charge in [-0.25, -0.2) is 0 Å². The van der Waals surface area contributed by atoms with Crippen LogP contribution in [0.25, 0.3) is 0 Å². The molecule has 1 aliphatic rings. The molecule has 1 amide bonds. The number of rotatable bonds is 3. The number of likely N-dealkylation sites (tertiary alicyclic amines) is 1. The number of amides is 1. The van der Waals surface area contributed by atoms with Gasteiger partial charge in [0.25, 0.3) is 0 Å². The van der Waals surface area contributed by atoms with E-state index in [1.165, 1.54) is 4.90 Å². The summed E-state index contributed by atoms with van der Waals surface area (Å²) in [5.41, 5.74) is 0. The molecule has 4 nitrogen and oxygen atoms in total. The first kappa shape index (κ1) is 9.77. The SMILES string of the molecule is O=C1CC(Cl)CN1C(CO)CO. The van der Waals surface area contributed by atoms with Crippen LogP contribution in [0.3, 0.4) is 0 Å². The van der Waals surface area contributed by atoms with Crippen molar-refractivity contribution >= 4 is 17.5 Å². The van der Waals surface area contributed by atoms with Crippen LogP contribution in [0, 0.1) is 0 Å². The molecule has 70 valence electrons. The molecule has 0 spiro atoms. The molecule has 0 bridgehead atoms. The zero-order valence-electron chi connectivity index (χ0n) is 6.61. The number of aliphatic hydroxyl groups excluding tert-OH is 2. The van der Waals surface area contributed by atoms with Gasteiger partial charge in [0.05, 0.1) is 24.6 Å². The Hall–Kier alpha value is -0.320. The summed E-state index contributed by atoms with van der Waals surface area (Å²) in [5.74, 6) is -0.0944. The van der Waals surface area contributed by atoms with Gasteiger partial charge in [0.15, 0.2) is 0 Å². The van der Waals surface area contributed by atoms with E-state index in [2.05, 4.69) is 0 Å². The van der Waals surface area contributed by atoms with Gasteiger partial charge in [0.1, 0.15) is 0 Å². The van der Waals surface area contributed by atoms with Crippen molar-refractivity contribution in [3.63, 3.8) is 0 Å². The van der Waals surface area contributed by atoms with Crippen LogP contribution in [-0.4, -0.2) is 52.2 Å². The van der Waals surface area contributed by atoms with Gasteiger partial charge in [-0.3, -0.25) is 4.79 Å². The number of halogens is 1. The second-order valence-corrected chi connectivity index (χ2v) is 3.48. The van der Waals surface area contributed by atoms with Gasteiger partial charge < -0.3 is 15.1 Å². The molecule has 1 heterocycles. The number of nitrogens with zero attached hydrogens (tertiary/aromatic N) is 1. The highest BCUT2D eigenvalue weighted by molar-refractivity contribution is 6.22. The zero-order chi connectivity index (χ0) is 9.14. The third kappa shape index (κ3) is 1.88. The molecule has 0 aromatic carbocycles. The largest absolute Gasteiger partial charge is 0.394 e. The Kier molecular flexibility index (Phi) is 3.31. The van der Waals surface area contributed by atoms with E-state index < -0.39 is 6.04 Å². The number of alkyl halides is 1. The van der Waals surface area contributed by atoms with E-state index in [0.717, 1.165) is 0 Å². The topological polar surface area (TPSA) is 60.8 Å². The molecule has 0 radical (unpaired) electrons. The zero-order valence-corrected chi connectivity index (χ0v) is 7.37. The van der Waals surface area contributed by atoms with Gasteiger partial charge >= 0.3 is 0 Å². The van der Waals surface area contributed by atoms with Crippen LogP contribution >= 0.6 is 11.6 Å². The number of carbonyl (C=O) groups excluding carboxylic acids is 1. The van der Waals surface area contributed by atoms with Crippen LogP contribution in [0.5, 0.6) is 0 Å². The van der Waals surface area contributed by atoms with Crippen molar-refractivity contribution in [2.45, 2.75) is 17.8 Å². The molecule has 1 rings (SSSR count). The maximum atomic E-state index is 11.2. The van der Waals surface area contributed by atoms with E-state index >= 15 is 0 Å². The van der Waals surface area contributed by atoms with Gasteiger partial charge in [0.2, 0.25) is 5.91 Å². The standard InChI is InChI=1S/C7H12ClNO3/c8-5-1-7(12)9(2-5)6(3-10)4-11/h5-6,10-11H,1-4H2. The summed E-state index contributed by atoms with van der Waals surface area (Å²) < 4.78 is 0. The number of hydrogen-bond acceptors (Lipinski definition) is 3. The number of aliphatic hydroxyl groups is 2. The first-order valence-electron chi connectivity index (χ1n) is 3.84. The molecule has 1 saturated heterocycles. The van der Waals surface area contributed by atoms with E-state index in [0.29, 0.717) is 13.0 Å². The highest BCUT2D eigenvalue weighted by Gasteiger charge is 2.32. The van der Waals surface area contributed by atoms with Crippen LogP contribution in [0.1, 0.15) is 6.42 Å². The fourth-order valence-corrected chi connectivity index (χ4v) is 1.57. The monoisotopic (exact) mass is 193 g/mol. The van der Waals surface area contributed by atoms with Gasteiger partial charge in [-0.2, -0.15) is 0 Å². The lowest BCUT2D eigenvalue weighted by atomic mass is 10.3. The third-order valence-electron chi connectivity index (χ3n) is 1.97. The minimum Gasteiger partial charge on any atom is -0.394 e.